The van der Waals surface area contributed by atoms with E-state index in [2.05, 4.69) is 10.3 Å². The molecule has 2 aliphatic rings. The number of nitrogens with two attached hydrogens (primary N) is 3. The number of hydrogen-bond acceptors (Lipinski definition) is 9. The molecule has 0 saturated heterocycles. The lowest BCUT2D eigenvalue weighted by Gasteiger charge is -2.29. The van der Waals surface area contributed by atoms with E-state index in [0.717, 1.165) is 24.5 Å². The molecule has 0 spiro atoms. The van der Waals surface area contributed by atoms with Gasteiger partial charge in [-0.1, -0.05) is 48.0 Å². The van der Waals surface area contributed by atoms with Gasteiger partial charge >= 0.3 is 24.3 Å². The summed E-state index contributed by atoms with van der Waals surface area (Å²) < 4.78 is 110. The number of carbonyl (C=O) groups excluding carboxylic acids is 2. The van der Waals surface area contributed by atoms with E-state index in [9.17, 15) is 35.9 Å². The van der Waals surface area contributed by atoms with Crippen molar-refractivity contribution in [3.63, 3.8) is 0 Å². The lowest BCUT2D eigenvalue weighted by molar-refractivity contribution is -0.441. The first-order chi connectivity index (χ1) is 23.0. The van der Waals surface area contributed by atoms with Crippen molar-refractivity contribution in [2.45, 2.75) is 31.1 Å². The zero-order valence-electron chi connectivity index (χ0n) is 25.2. The highest BCUT2D eigenvalue weighted by molar-refractivity contribution is 6.31. The Bertz CT molecular complexity index is 1850. The smallest absolute Gasteiger partial charge is 0.453 e. The summed E-state index contributed by atoms with van der Waals surface area (Å²) in [4.78, 5) is 31.6. The second kappa shape index (κ2) is 14.4. The molecule has 2 aliphatic heterocycles. The molecule has 8 N–H and O–H groups in total. The molecule has 260 valence electrons. The molecule has 2 unspecified atom stereocenters. The Hall–Kier alpha value is -5.32. The summed E-state index contributed by atoms with van der Waals surface area (Å²) in [6.07, 6.45) is -8.59. The van der Waals surface area contributed by atoms with Gasteiger partial charge in [-0.2, -0.15) is 26.3 Å². The van der Waals surface area contributed by atoms with Crippen LogP contribution in [0.4, 0.5) is 30.7 Å². The molecular weight excluding hydrogens is 689 g/mol. The topological polar surface area (TPSA) is 169 Å². The number of allylic oxidation sites excluding steroid dienone is 2. The van der Waals surface area contributed by atoms with Crippen LogP contribution in [0.15, 0.2) is 99.6 Å². The summed E-state index contributed by atoms with van der Waals surface area (Å²) in [6.45, 7) is 0.0937. The average molecular weight is 716 g/mol. The minimum Gasteiger partial charge on any atom is -0.463 e. The van der Waals surface area contributed by atoms with E-state index in [0.29, 0.717) is 0 Å². The molecule has 10 nitrogen and oxygen atoms in total. The van der Waals surface area contributed by atoms with Crippen LogP contribution < -0.4 is 27.5 Å². The Morgan fingerprint density at radius 2 is 1.51 bits per heavy atom. The van der Waals surface area contributed by atoms with Gasteiger partial charge in [0.15, 0.2) is 12.4 Å². The number of aliphatic imine (C=N–C) groups is 1. The summed E-state index contributed by atoms with van der Waals surface area (Å²) >= 11 is 6.28. The Morgan fingerprint density at radius 1 is 0.918 bits per heavy atom. The van der Waals surface area contributed by atoms with Crippen molar-refractivity contribution >= 4 is 35.2 Å². The number of ether oxygens (including phenoxy) is 2. The largest absolute Gasteiger partial charge is 0.463 e. The van der Waals surface area contributed by atoms with Crippen LogP contribution >= 0.6 is 11.6 Å². The number of nitrogens with zero attached hydrogens (tertiary/aromatic N) is 1. The summed E-state index contributed by atoms with van der Waals surface area (Å²) in [5, 5.41) is 2.39. The molecule has 0 aliphatic carbocycles. The third-order valence-corrected chi connectivity index (χ3v) is 7.59. The van der Waals surface area contributed by atoms with Crippen molar-refractivity contribution in [1.29, 1.82) is 0 Å². The Kier molecular flexibility index (Phi) is 10.8. The van der Waals surface area contributed by atoms with Crippen LogP contribution in [0.1, 0.15) is 29.9 Å². The maximum absolute atomic E-state index is 15.1. The lowest BCUT2D eigenvalue weighted by Crippen LogP contribution is -2.79. The fraction of sp³-hybridized carbons (Fsp3) is 0.226. The SMILES string of the molecule is CCOC(=O)C1=C(C(F)(F)F)N=C(N)/C(=C\NCOC(=O)C2=C(C(F)(F)F)[NH+]=C(N)/C(=C\N)C2c2ccccc2Cl)C1c1ccccc1F. The van der Waals surface area contributed by atoms with Crippen LogP contribution in [-0.2, 0) is 19.1 Å². The molecular formula is C31H27ClF7N6O4+. The van der Waals surface area contributed by atoms with Crippen LogP contribution in [0.3, 0.4) is 0 Å². The number of benzene rings is 2. The first-order valence-electron chi connectivity index (χ1n) is 14.1. The van der Waals surface area contributed by atoms with Crippen molar-refractivity contribution in [3.8, 4) is 0 Å². The van der Waals surface area contributed by atoms with Crippen molar-refractivity contribution < 1.29 is 54.8 Å². The van der Waals surface area contributed by atoms with Crippen LogP contribution in [0.25, 0.3) is 0 Å². The molecule has 0 saturated carbocycles. The number of carbonyl (C=O) groups is 2. The Morgan fingerprint density at radius 3 is 2.08 bits per heavy atom. The second-order valence-corrected chi connectivity index (χ2v) is 10.6. The van der Waals surface area contributed by atoms with Gasteiger partial charge in [0.05, 0.1) is 29.6 Å². The molecule has 0 fully saturated rings. The monoisotopic (exact) mass is 715 g/mol. The van der Waals surface area contributed by atoms with Gasteiger partial charge in [0.2, 0.25) is 5.70 Å². The fourth-order valence-electron chi connectivity index (χ4n) is 5.24. The highest BCUT2D eigenvalue weighted by Gasteiger charge is 2.50. The van der Waals surface area contributed by atoms with Gasteiger partial charge < -0.3 is 26.3 Å². The zero-order chi connectivity index (χ0) is 36.3. The highest BCUT2D eigenvalue weighted by Crippen LogP contribution is 2.44. The lowest BCUT2D eigenvalue weighted by atomic mass is 9.81. The van der Waals surface area contributed by atoms with E-state index in [4.69, 9.17) is 38.3 Å². The molecule has 2 heterocycles. The number of rotatable bonds is 8. The summed E-state index contributed by atoms with van der Waals surface area (Å²) in [6, 6.07) is 10.3. The van der Waals surface area contributed by atoms with Crippen LogP contribution in [-0.4, -0.2) is 49.3 Å². The van der Waals surface area contributed by atoms with E-state index in [1.807, 2.05) is 4.99 Å². The quantitative estimate of drug-likeness (QED) is 0.120. The molecule has 0 aromatic heterocycles. The first kappa shape index (κ1) is 36.5. The van der Waals surface area contributed by atoms with Crippen molar-refractivity contribution in [1.82, 2.24) is 5.32 Å². The fourth-order valence-corrected chi connectivity index (χ4v) is 5.49. The summed E-state index contributed by atoms with van der Waals surface area (Å²) in [5.74, 6) is -8.68. The Balaban J connectivity index is 1.75. The molecule has 49 heavy (non-hydrogen) atoms. The van der Waals surface area contributed by atoms with E-state index in [1.54, 1.807) is 0 Å². The Labute approximate surface area is 278 Å². The van der Waals surface area contributed by atoms with E-state index < -0.39 is 88.5 Å². The van der Waals surface area contributed by atoms with Gasteiger partial charge in [-0.05, 0) is 24.6 Å². The molecule has 18 heteroatoms. The first-order valence-corrected chi connectivity index (χ1v) is 14.5. The minimum atomic E-state index is -5.22. The molecule has 2 aromatic carbocycles. The number of halogens is 8. The normalized spacial score (nSPS) is 20.3. The van der Waals surface area contributed by atoms with E-state index in [-0.39, 0.29) is 28.3 Å². The molecule has 4 rings (SSSR count). The standard InChI is InChI=1S/C31H26ClF7N6O4/c1-2-48-28(46)23-21(15-8-4-6-10-19(15)33)17(27(42)45-25(23)31(37,38)39)12-43-13-49-29(47)22-20(14-7-3-5-9-18(14)32)16(11-40)26(41)44-24(22)30(34,35)36/h3-12,20-21,43H,2,13,40H2,1H3,(H2,41,44)(H2,42,45)/p+1/b16-11-,17-12-. The van der Waals surface area contributed by atoms with Crippen molar-refractivity contribution in [3.05, 3.63) is 117 Å². The number of nitrogens with one attached hydrogen (secondary N) is 2. The number of amidine groups is 2. The predicted molar refractivity (Wildman–Crippen MR) is 162 cm³/mol. The van der Waals surface area contributed by atoms with Crippen LogP contribution in [0.5, 0.6) is 0 Å². The average Bonchev–Trinajstić information content (AvgIpc) is 3.02. The summed E-state index contributed by atoms with van der Waals surface area (Å²) in [7, 11) is 0. The van der Waals surface area contributed by atoms with Gasteiger partial charge in [0, 0.05) is 28.6 Å². The van der Waals surface area contributed by atoms with E-state index in [1.165, 1.54) is 43.3 Å². The number of alkyl halides is 6. The van der Waals surface area contributed by atoms with Gasteiger partial charge in [-0.15, -0.1) is 0 Å². The van der Waals surface area contributed by atoms with Crippen molar-refractivity contribution in [2.24, 2.45) is 22.2 Å². The van der Waals surface area contributed by atoms with Crippen molar-refractivity contribution in [2.75, 3.05) is 13.3 Å². The third-order valence-electron chi connectivity index (χ3n) is 7.25. The maximum Gasteiger partial charge on any atom is 0.453 e. The highest BCUT2D eigenvalue weighted by atomic mass is 35.5. The molecule has 0 radical (unpaired) electrons. The summed E-state index contributed by atoms with van der Waals surface area (Å²) in [5.41, 5.74) is 11.2. The zero-order valence-corrected chi connectivity index (χ0v) is 25.9. The predicted octanol–water partition coefficient (Wildman–Crippen LogP) is 3.18. The van der Waals surface area contributed by atoms with Gasteiger partial charge in [0.1, 0.15) is 17.2 Å². The third kappa shape index (κ3) is 7.56. The van der Waals surface area contributed by atoms with Gasteiger partial charge in [-0.25, -0.2) is 24.0 Å². The molecule has 0 bridgehead atoms. The molecule has 0 amide bonds. The van der Waals surface area contributed by atoms with Crippen LogP contribution in [0.2, 0.25) is 5.02 Å². The van der Waals surface area contributed by atoms with Gasteiger partial charge in [-0.3, -0.25) is 5.73 Å². The minimum absolute atomic E-state index is 0.0221. The maximum atomic E-state index is 15.1. The molecule has 2 aromatic rings. The van der Waals surface area contributed by atoms with Crippen LogP contribution in [0, 0.1) is 5.82 Å². The van der Waals surface area contributed by atoms with Gasteiger partial charge in [0.25, 0.3) is 5.84 Å². The van der Waals surface area contributed by atoms with E-state index >= 15 is 4.39 Å². The number of esters is 2. The number of hydrogen-bond donors (Lipinski definition) is 5. The molecule has 2 atom stereocenters. The second-order valence-electron chi connectivity index (χ2n) is 10.2.